The molecule has 84 valence electrons. The second-order valence-electron chi connectivity index (χ2n) is 4.81. The van der Waals surface area contributed by atoms with Crippen LogP contribution in [0, 0.1) is 0 Å². The number of nitrogens with zero attached hydrogens (tertiary/aromatic N) is 1. The Hall–Kier alpha value is -0.830. The van der Waals surface area contributed by atoms with Crippen molar-refractivity contribution in [2.45, 2.75) is 31.1 Å². The molecule has 0 saturated heterocycles. The monoisotopic (exact) mass is 279 g/mol. The SMILES string of the molecule is CN1C(=O)C2(CCCC2)c2ccc(Br)cc21. The van der Waals surface area contributed by atoms with Crippen LogP contribution >= 0.6 is 15.9 Å². The molecule has 1 aliphatic heterocycles. The highest BCUT2D eigenvalue weighted by molar-refractivity contribution is 9.10. The Morgan fingerprint density at radius 2 is 2.00 bits per heavy atom. The van der Waals surface area contributed by atoms with Gasteiger partial charge < -0.3 is 4.90 Å². The molecular weight excluding hydrogens is 266 g/mol. The molecule has 1 amide bonds. The number of anilines is 1. The van der Waals surface area contributed by atoms with Crippen LogP contribution in [0.15, 0.2) is 22.7 Å². The maximum Gasteiger partial charge on any atom is 0.237 e. The predicted octanol–water partition coefficient (Wildman–Crippen LogP) is 3.24. The Kier molecular flexibility index (Phi) is 2.15. The van der Waals surface area contributed by atoms with E-state index in [0.717, 1.165) is 23.0 Å². The summed E-state index contributed by atoms with van der Waals surface area (Å²) >= 11 is 3.47. The number of hydrogen-bond donors (Lipinski definition) is 0. The summed E-state index contributed by atoms with van der Waals surface area (Å²) in [6.07, 6.45) is 4.39. The summed E-state index contributed by atoms with van der Waals surface area (Å²) in [6, 6.07) is 6.22. The number of rotatable bonds is 0. The molecule has 0 radical (unpaired) electrons. The highest BCUT2D eigenvalue weighted by Crippen LogP contribution is 2.51. The van der Waals surface area contributed by atoms with Crippen LogP contribution in [0.3, 0.4) is 0 Å². The minimum atomic E-state index is -0.190. The zero-order valence-electron chi connectivity index (χ0n) is 9.29. The van der Waals surface area contributed by atoms with E-state index in [-0.39, 0.29) is 11.3 Å². The van der Waals surface area contributed by atoms with E-state index in [4.69, 9.17) is 0 Å². The lowest BCUT2D eigenvalue weighted by molar-refractivity contribution is -0.122. The lowest BCUT2D eigenvalue weighted by Crippen LogP contribution is -2.36. The van der Waals surface area contributed by atoms with Crippen molar-refractivity contribution in [2.24, 2.45) is 0 Å². The molecule has 0 aromatic heterocycles. The van der Waals surface area contributed by atoms with Gasteiger partial charge in [-0.25, -0.2) is 0 Å². The fraction of sp³-hybridized carbons (Fsp3) is 0.462. The number of halogens is 1. The van der Waals surface area contributed by atoms with Gasteiger partial charge in [0.15, 0.2) is 0 Å². The van der Waals surface area contributed by atoms with Gasteiger partial charge in [-0.3, -0.25) is 4.79 Å². The van der Waals surface area contributed by atoms with E-state index in [2.05, 4.69) is 28.1 Å². The number of likely N-dealkylation sites (N-methyl/N-ethyl adjacent to an activating group) is 1. The van der Waals surface area contributed by atoms with E-state index in [1.54, 1.807) is 0 Å². The standard InChI is InChI=1S/C13H14BrNO/c1-15-11-8-9(14)4-5-10(11)13(12(15)16)6-2-3-7-13/h4-5,8H,2-3,6-7H2,1H3. The summed E-state index contributed by atoms with van der Waals surface area (Å²) in [4.78, 5) is 14.2. The molecule has 3 heteroatoms. The zero-order valence-corrected chi connectivity index (χ0v) is 10.9. The number of amides is 1. The molecule has 1 heterocycles. The quantitative estimate of drug-likeness (QED) is 0.714. The smallest absolute Gasteiger partial charge is 0.237 e. The Bertz CT molecular complexity index is 463. The molecule has 0 bridgehead atoms. The molecule has 1 aliphatic carbocycles. The van der Waals surface area contributed by atoms with Crippen LogP contribution in [-0.4, -0.2) is 13.0 Å². The molecule has 1 spiro atoms. The van der Waals surface area contributed by atoms with E-state index in [1.165, 1.54) is 18.4 Å². The Balaban J connectivity index is 2.22. The van der Waals surface area contributed by atoms with Crippen molar-refractivity contribution < 1.29 is 4.79 Å². The normalized spacial score (nSPS) is 21.9. The molecule has 3 rings (SSSR count). The lowest BCUT2D eigenvalue weighted by Gasteiger charge is -2.21. The van der Waals surface area contributed by atoms with E-state index in [9.17, 15) is 4.79 Å². The molecule has 1 fully saturated rings. The van der Waals surface area contributed by atoms with Gasteiger partial charge in [0.2, 0.25) is 5.91 Å². The molecule has 0 unspecified atom stereocenters. The molecule has 1 aromatic carbocycles. The number of fused-ring (bicyclic) bond motifs is 2. The number of carbonyl (C=O) groups is 1. The average molecular weight is 280 g/mol. The highest BCUT2D eigenvalue weighted by atomic mass is 79.9. The van der Waals surface area contributed by atoms with Crippen molar-refractivity contribution in [2.75, 3.05) is 11.9 Å². The van der Waals surface area contributed by atoms with Gasteiger partial charge in [-0.1, -0.05) is 34.8 Å². The van der Waals surface area contributed by atoms with Crippen LogP contribution in [-0.2, 0) is 10.2 Å². The van der Waals surface area contributed by atoms with Crippen LogP contribution in [0.5, 0.6) is 0 Å². The largest absolute Gasteiger partial charge is 0.314 e. The molecule has 2 aliphatic rings. The zero-order chi connectivity index (χ0) is 11.3. The molecule has 16 heavy (non-hydrogen) atoms. The first kappa shape index (κ1) is 10.3. The van der Waals surface area contributed by atoms with Gasteiger partial charge in [-0.2, -0.15) is 0 Å². The maximum atomic E-state index is 12.4. The van der Waals surface area contributed by atoms with Gasteiger partial charge in [0.25, 0.3) is 0 Å². The van der Waals surface area contributed by atoms with Gasteiger partial charge in [-0.05, 0) is 30.5 Å². The predicted molar refractivity (Wildman–Crippen MR) is 67.7 cm³/mol. The van der Waals surface area contributed by atoms with Crippen molar-refractivity contribution in [1.29, 1.82) is 0 Å². The van der Waals surface area contributed by atoms with E-state index in [1.807, 2.05) is 18.0 Å². The van der Waals surface area contributed by atoms with Crippen molar-refractivity contribution in [1.82, 2.24) is 0 Å². The highest BCUT2D eigenvalue weighted by Gasteiger charge is 2.50. The van der Waals surface area contributed by atoms with Crippen molar-refractivity contribution in [3.8, 4) is 0 Å². The van der Waals surface area contributed by atoms with Gasteiger partial charge in [0.1, 0.15) is 0 Å². The fourth-order valence-electron chi connectivity index (χ4n) is 3.19. The minimum absolute atomic E-state index is 0.190. The number of hydrogen-bond acceptors (Lipinski definition) is 1. The second-order valence-corrected chi connectivity index (χ2v) is 5.73. The summed E-state index contributed by atoms with van der Waals surface area (Å²) in [6.45, 7) is 0. The van der Waals surface area contributed by atoms with E-state index < -0.39 is 0 Å². The average Bonchev–Trinajstić information content (AvgIpc) is 2.83. The second kappa shape index (κ2) is 3.33. The van der Waals surface area contributed by atoms with E-state index >= 15 is 0 Å². The van der Waals surface area contributed by atoms with Gasteiger partial charge in [-0.15, -0.1) is 0 Å². The number of carbonyl (C=O) groups excluding carboxylic acids is 1. The summed E-state index contributed by atoms with van der Waals surface area (Å²) in [5.74, 6) is 0.290. The first-order valence-electron chi connectivity index (χ1n) is 5.73. The minimum Gasteiger partial charge on any atom is -0.314 e. The van der Waals surface area contributed by atoms with Crippen LogP contribution in [0.4, 0.5) is 5.69 Å². The Morgan fingerprint density at radius 3 is 2.69 bits per heavy atom. The fourth-order valence-corrected chi connectivity index (χ4v) is 3.54. The van der Waals surface area contributed by atoms with Gasteiger partial charge >= 0.3 is 0 Å². The van der Waals surface area contributed by atoms with Crippen LogP contribution < -0.4 is 4.90 Å². The third-order valence-electron chi connectivity index (χ3n) is 4.01. The van der Waals surface area contributed by atoms with Crippen LogP contribution in [0.25, 0.3) is 0 Å². The molecule has 1 aromatic rings. The Labute approximate surface area is 104 Å². The lowest BCUT2D eigenvalue weighted by atomic mass is 9.80. The van der Waals surface area contributed by atoms with Gasteiger partial charge in [0.05, 0.1) is 5.41 Å². The topological polar surface area (TPSA) is 20.3 Å². The first-order chi connectivity index (χ1) is 7.65. The van der Waals surface area contributed by atoms with Crippen molar-refractivity contribution in [3.63, 3.8) is 0 Å². The van der Waals surface area contributed by atoms with Crippen molar-refractivity contribution in [3.05, 3.63) is 28.2 Å². The summed E-state index contributed by atoms with van der Waals surface area (Å²) < 4.78 is 1.04. The summed E-state index contributed by atoms with van der Waals surface area (Å²) in [5.41, 5.74) is 2.13. The first-order valence-corrected chi connectivity index (χ1v) is 6.53. The molecular formula is C13H14BrNO. The van der Waals surface area contributed by atoms with Crippen LogP contribution in [0.1, 0.15) is 31.2 Å². The van der Waals surface area contributed by atoms with Gasteiger partial charge in [0, 0.05) is 17.2 Å². The van der Waals surface area contributed by atoms with Crippen LogP contribution in [0.2, 0.25) is 0 Å². The third kappa shape index (κ3) is 1.15. The Morgan fingerprint density at radius 1 is 1.31 bits per heavy atom. The number of benzene rings is 1. The summed E-state index contributed by atoms with van der Waals surface area (Å²) in [5, 5.41) is 0. The molecule has 2 nitrogen and oxygen atoms in total. The maximum absolute atomic E-state index is 12.4. The summed E-state index contributed by atoms with van der Waals surface area (Å²) in [7, 11) is 1.89. The molecule has 1 saturated carbocycles. The van der Waals surface area contributed by atoms with Crippen molar-refractivity contribution >= 4 is 27.5 Å². The molecule has 0 atom stereocenters. The third-order valence-corrected chi connectivity index (χ3v) is 4.50. The van der Waals surface area contributed by atoms with E-state index in [0.29, 0.717) is 0 Å². The molecule has 0 N–H and O–H groups in total.